The predicted molar refractivity (Wildman–Crippen MR) is 79.7 cm³/mol. The first-order chi connectivity index (χ1) is 9.58. The van der Waals surface area contributed by atoms with Crippen LogP contribution in [0, 0.1) is 12.7 Å². The van der Waals surface area contributed by atoms with Crippen LogP contribution >= 0.6 is 11.8 Å². The minimum atomic E-state index is -0.395. The van der Waals surface area contributed by atoms with Gasteiger partial charge in [-0.15, -0.1) is 11.8 Å². The number of hydrogen-bond donors (Lipinski definition) is 2. The molecule has 0 aliphatic heterocycles. The van der Waals surface area contributed by atoms with Gasteiger partial charge < -0.3 is 10.9 Å². The number of hydrogen-bond acceptors (Lipinski definition) is 3. The van der Waals surface area contributed by atoms with E-state index in [0.29, 0.717) is 11.3 Å². The number of aryl methyl sites for hydroxylation is 1. The Hall–Kier alpha value is -2.01. The summed E-state index contributed by atoms with van der Waals surface area (Å²) in [5.74, 6) is 0.131. The van der Waals surface area contributed by atoms with E-state index in [4.69, 9.17) is 10.9 Å². The molecule has 0 atom stereocenters. The van der Waals surface area contributed by atoms with Crippen LogP contribution in [0.5, 0.6) is 0 Å². The number of oxime groups is 1. The molecule has 0 aliphatic carbocycles. The van der Waals surface area contributed by atoms with Crippen LogP contribution in [0.1, 0.15) is 16.7 Å². The lowest BCUT2D eigenvalue weighted by Crippen LogP contribution is -2.13. The molecule has 20 heavy (non-hydrogen) atoms. The summed E-state index contributed by atoms with van der Waals surface area (Å²) < 4.78 is 13.5. The molecule has 3 N–H and O–H groups in total. The van der Waals surface area contributed by atoms with Crippen LogP contribution in [0.3, 0.4) is 0 Å². The molecule has 0 spiro atoms. The Morgan fingerprint density at radius 1 is 1.25 bits per heavy atom. The van der Waals surface area contributed by atoms with Crippen molar-refractivity contribution >= 4 is 17.6 Å². The smallest absolute Gasteiger partial charge is 0.170 e. The fourth-order valence-corrected chi connectivity index (χ4v) is 2.57. The monoisotopic (exact) mass is 290 g/mol. The molecule has 3 nitrogen and oxygen atoms in total. The zero-order chi connectivity index (χ0) is 14.5. The average Bonchev–Trinajstić information content (AvgIpc) is 2.45. The van der Waals surface area contributed by atoms with E-state index in [1.165, 1.54) is 17.7 Å². The van der Waals surface area contributed by atoms with Gasteiger partial charge in [-0.25, -0.2) is 4.39 Å². The van der Waals surface area contributed by atoms with E-state index < -0.39 is 5.82 Å². The molecule has 0 heterocycles. The Kier molecular flexibility index (Phi) is 4.63. The van der Waals surface area contributed by atoms with Crippen LogP contribution in [0.2, 0.25) is 0 Å². The van der Waals surface area contributed by atoms with Crippen molar-refractivity contribution < 1.29 is 9.60 Å². The van der Waals surface area contributed by atoms with E-state index in [1.807, 2.05) is 31.2 Å². The SMILES string of the molecule is Cc1ccc(SCc2cc(F)cc(/C(N)=N/O)c2)cc1. The van der Waals surface area contributed by atoms with Crippen LogP contribution < -0.4 is 5.73 Å². The molecule has 5 heteroatoms. The molecule has 0 aromatic heterocycles. The van der Waals surface area contributed by atoms with E-state index in [1.54, 1.807) is 17.8 Å². The fourth-order valence-electron chi connectivity index (χ4n) is 1.74. The van der Waals surface area contributed by atoms with Crippen molar-refractivity contribution in [3.05, 3.63) is 65.0 Å². The molecule has 0 saturated carbocycles. The summed E-state index contributed by atoms with van der Waals surface area (Å²) in [7, 11) is 0. The Bertz CT molecular complexity index is 626. The van der Waals surface area contributed by atoms with Gasteiger partial charge in [0.05, 0.1) is 0 Å². The highest BCUT2D eigenvalue weighted by molar-refractivity contribution is 7.98. The molecule has 104 valence electrons. The molecule has 0 radical (unpaired) electrons. The zero-order valence-electron chi connectivity index (χ0n) is 11.0. The minimum absolute atomic E-state index is 0.0916. The van der Waals surface area contributed by atoms with Crippen molar-refractivity contribution in [3.63, 3.8) is 0 Å². The first-order valence-electron chi connectivity index (χ1n) is 6.05. The first-order valence-corrected chi connectivity index (χ1v) is 7.04. The van der Waals surface area contributed by atoms with Gasteiger partial charge in [-0.2, -0.15) is 0 Å². The Morgan fingerprint density at radius 3 is 2.60 bits per heavy atom. The second-order valence-electron chi connectivity index (χ2n) is 4.44. The summed E-state index contributed by atoms with van der Waals surface area (Å²) >= 11 is 1.61. The van der Waals surface area contributed by atoms with Crippen molar-refractivity contribution in [3.8, 4) is 0 Å². The number of thioether (sulfide) groups is 1. The van der Waals surface area contributed by atoms with Crippen molar-refractivity contribution in [1.29, 1.82) is 0 Å². The molecule has 2 aromatic carbocycles. The molecular weight excluding hydrogens is 275 g/mol. The van der Waals surface area contributed by atoms with Crippen molar-refractivity contribution in [1.82, 2.24) is 0 Å². The predicted octanol–water partition coefficient (Wildman–Crippen LogP) is 3.52. The first kappa shape index (κ1) is 14.4. The van der Waals surface area contributed by atoms with Crippen LogP contribution in [0.4, 0.5) is 4.39 Å². The van der Waals surface area contributed by atoms with Gasteiger partial charge in [0.25, 0.3) is 0 Å². The Morgan fingerprint density at radius 2 is 1.95 bits per heavy atom. The lowest BCUT2D eigenvalue weighted by atomic mass is 10.1. The molecule has 2 aromatic rings. The maximum atomic E-state index is 13.5. The highest BCUT2D eigenvalue weighted by Crippen LogP contribution is 2.24. The zero-order valence-corrected chi connectivity index (χ0v) is 11.8. The highest BCUT2D eigenvalue weighted by atomic mass is 32.2. The van der Waals surface area contributed by atoms with Crippen LogP contribution in [-0.2, 0) is 5.75 Å². The maximum Gasteiger partial charge on any atom is 0.170 e. The summed E-state index contributed by atoms with van der Waals surface area (Å²) in [4.78, 5) is 1.12. The van der Waals surface area contributed by atoms with Gasteiger partial charge in [-0.3, -0.25) is 0 Å². The van der Waals surface area contributed by atoms with E-state index in [0.717, 1.165) is 10.5 Å². The highest BCUT2D eigenvalue weighted by Gasteiger charge is 2.05. The van der Waals surface area contributed by atoms with Gasteiger partial charge in [0.15, 0.2) is 5.84 Å². The maximum absolute atomic E-state index is 13.5. The number of amidine groups is 1. The molecule has 0 aliphatic rings. The molecule has 0 bridgehead atoms. The van der Waals surface area contributed by atoms with Crippen molar-refractivity contribution in [2.75, 3.05) is 0 Å². The second-order valence-corrected chi connectivity index (χ2v) is 5.48. The van der Waals surface area contributed by atoms with E-state index in [-0.39, 0.29) is 5.84 Å². The molecule has 0 fully saturated rings. The van der Waals surface area contributed by atoms with Gasteiger partial charge in [-0.1, -0.05) is 22.9 Å². The molecule has 0 saturated heterocycles. The second kappa shape index (κ2) is 6.43. The van der Waals surface area contributed by atoms with E-state index in [2.05, 4.69) is 5.16 Å². The van der Waals surface area contributed by atoms with Crippen molar-refractivity contribution in [2.45, 2.75) is 17.6 Å². The molecule has 0 unspecified atom stereocenters. The lowest BCUT2D eigenvalue weighted by Gasteiger charge is -2.06. The lowest BCUT2D eigenvalue weighted by molar-refractivity contribution is 0.318. The number of rotatable bonds is 4. The van der Waals surface area contributed by atoms with Crippen LogP contribution in [0.25, 0.3) is 0 Å². The molecule has 0 amide bonds. The third-order valence-electron chi connectivity index (χ3n) is 2.79. The van der Waals surface area contributed by atoms with Gasteiger partial charge in [0.2, 0.25) is 0 Å². The average molecular weight is 290 g/mol. The summed E-state index contributed by atoms with van der Waals surface area (Å²) in [6.45, 7) is 2.03. The van der Waals surface area contributed by atoms with E-state index in [9.17, 15) is 4.39 Å². The fraction of sp³-hybridized carbons (Fsp3) is 0.133. The van der Waals surface area contributed by atoms with Gasteiger partial charge in [0, 0.05) is 16.2 Å². The Balaban J connectivity index is 2.13. The van der Waals surface area contributed by atoms with Crippen LogP contribution in [0.15, 0.2) is 52.5 Å². The summed E-state index contributed by atoms with van der Waals surface area (Å²) in [6, 6.07) is 12.6. The third-order valence-corrected chi connectivity index (χ3v) is 3.87. The van der Waals surface area contributed by atoms with Gasteiger partial charge in [-0.05, 0) is 42.8 Å². The minimum Gasteiger partial charge on any atom is -0.409 e. The topological polar surface area (TPSA) is 58.6 Å². The van der Waals surface area contributed by atoms with Crippen LogP contribution in [-0.4, -0.2) is 11.0 Å². The number of nitrogens with two attached hydrogens (primary N) is 1. The largest absolute Gasteiger partial charge is 0.409 e. The summed E-state index contributed by atoms with van der Waals surface area (Å²) in [6.07, 6.45) is 0. The van der Waals surface area contributed by atoms with Gasteiger partial charge >= 0.3 is 0 Å². The van der Waals surface area contributed by atoms with E-state index >= 15 is 0 Å². The van der Waals surface area contributed by atoms with Gasteiger partial charge in [0.1, 0.15) is 5.82 Å². The molecule has 2 rings (SSSR count). The summed E-state index contributed by atoms with van der Waals surface area (Å²) in [5, 5.41) is 11.5. The normalized spacial score (nSPS) is 11.6. The van der Waals surface area contributed by atoms with Crippen molar-refractivity contribution in [2.24, 2.45) is 10.9 Å². The third kappa shape index (κ3) is 3.74. The quantitative estimate of drug-likeness (QED) is 0.298. The number of benzene rings is 2. The standard InChI is InChI=1S/C15H15FN2OS/c1-10-2-4-14(5-3-10)20-9-11-6-12(15(17)18-19)8-13(16)7-11/h2-8,19H,9H2,1H3,(H2,17,18). The Labute approximate surface area is 121 Å². The number of halogens is 1. The number of nitrogens with zero attached hydrogens (tertiary/aromatic N) is 1. The summed E-state index contributed by atoms with van der Waals surface area (Å²) in [5.41, 5.74) is 7.86. The molecular formula is C15H15FN2OS.